The quantitative estimate of drug-likeness (QED) is 0.507. The molecule has 0 heterocycles. The van der Waals surface area contributed by atoms with E-state index < -0.39 is 29.9 Å². The molecule has 0 saturated carbocycles. The summed E-state index contributed by atoms with van der Waals surface area (Å²) in [6.45, 7) is -0.927. The van der Waals surface area contributed by atoms with Crippen LogP contribution >= 0.6 is 0 Å². The Labute approximate surface area is 93.8 Å². The molecule has 15 heavy (non-hydrogen) atoms. The highest BCUT2D eigenvalue weighted by Gasteiger charge is 2.15. The van der Waals surface area contributed by atoms with Crippen molar-refractivity contribution < 1.29 is 23.9 Å². The van der Waals surface area contributed by atoms with Crippen LogP contribution < -0.4 is 0 Å². The van der Waals surface area contributed by atoms with Gasteiger partial charge in [-0.25, -0.2) is 9.59 Å². The molecule has 0 aliphatic rings. The first kappa shape index (κ1) is 8.95. The molecule has 86 valence electrons. The van der Waals surface area contributed by atoms with Crippen LogP contribution in [0, 0.1) is 0 Å². The van der Waals surface area contributed by atoms with Crippen LogP contribution in [0.5, 0.6) is 0 Å². The van der Waals surface area contributed by atoms with Crippen molar-refractivity contribution in [2.45, 2.75) is 45.9 Å². The molecule has 2 N–H and O–H groups in total. The standard InChI is InChI=1S/C11H18O4/c1-3-4-5-6-7-9(11(14)15)8(2)10(12)13/h3-7H2,1-2H3,(H,12,13)(H,14,15)/b9-8-/i2D3. The molecule has 0 aromatic heterocycles. The number of aliphatic carboxylic acids is 2. The topological polar surface area (TPSA) is 74.6 Å². The van der Waals surface area contributed by atoms with Crippen molar-refractivity contribution in [3.8, 4) is 0 Å². The predicted octanol–water partition coefficient (Wildman–Crippen LogP) is 2.44. The largest absolute Gasteiger partial charge is 0.478 e. The van der Waals surface area contributed by atoms with Gasteiger partial charge in [0.2, 0.25) is 0 Å². The van der Waals surface area contributed by atoms with Gasteiger partial charge in [-0.05, 0) is 19.7 Å². The Morgan fingerprint density at radius 3 is 2.20 bits per heavy atom. The zero-order valence-corrected chi connectivity index (χ0v) is 8.75. The minimum atomic E-state index is -2.91. The number of hydrogen-bond acceptors (Lipinski definition) is 2. The van der Waals surface area contributed by atoms with E-state index in [1.807, 2.05) is 6.92 Å². The van der Waals surface area contributed by atoms with Gasteiger partial charge in [0.25, 0.3) is 0 Å². The van der Waals surface area contributed by atoms with Crippen molar-refractivity contribution in [2.24, 2.45) is 0 Å². The Hall–Kier alpha value is -1.32. The molecule has 0 rings (SSSR count). The second-order valence-electron chi connectivity index (χ2n) is 3.27. The zero-order chi connectivity index (χ0) is 14.3. The van der Waals surface area contributed by atoms with E-state index >= 15 is 0 Å². The third-order valence-electron chi connectivity index (χ3n) is 2.05. The maximum atomic E-state index is 11.0. The average molecular weight is 217 g/mol. The van der Waals surface area contributed by atoms with Crippen LogP contribution in [0.2, 0.25) is 0 Å². The van der Waals surface area contributed by atoms with E-state index in [0.29, 0.717) is 6.42 Å². The van der Waals surface area contributed by atoms with Gasteiger partial charge in [0, 0.05) is 15.3 Å². The Balaban J connectivity index is 5.12. The van der Waals surface area contributed by atoms with E-state index in [-0.39, 0.29) is 6.42 Å². The van der Waals surface area contributed by atoms with Gasteiger partial charge in [0.15, 0.2) is 0 Å². The molecule has 0 saturated heterocycles. The van der Waals surface area contributed by atoms with Gasteiger partial charge < -0.3 is 10.2 Å². The van der Waals surface area contributed by atoms with Gasteiger partial charge >= 0.3 is 11.9 Å². The average Bonchev–Trinajstić information content (AvgIpc) is 2.19. The summed E-state index contributed by atoms with van der Waals surface area (Å²) in [5.41, 5.74) is -1.50. The zero-order valence-electron chi connectivity index (χ0n) is 11.7. The molecule has 0 aromatic carbocycles. The number of unbranched alkanes of at least 4 members (excludes halogenated alkanes) is 3. The third-order valence-corrected chi connectivity index (χ3v) is 2.05. The second kappa shape index (κ2) is 7.04. The maximum Gasteiger partial charge on any atom is 0.332 e. The Kier molecular flexibility index (Phi) is 4.20. The second-order valence-corrected chi connectivity index (χ2v) is 3.27. The van der Waals surface area contributed by atoms with E-state index in [9.17, 15) is 9.59 Å². The number of carbonyl (C=O) groups is 2. The highest BCUT2D eigenvalue weighted by molar-refractivity contribution is 5.98. The molecule has 0 aliphatic heterocycles. The Bertz CT molecular complexity index is 345. The van der Waals surface area contributed by atoms with E-state index in [1.165, 1.54) is 0 Å². The van der Waals surface area contributed by atoms with Crippen molar-refractivity contribution in [3.05, 3.63) is 11.1 Å². The normalized spacial score (nSPS) is 15.9. The Morgan fingerprint density at radius 1 is 1.13 bits per heavy atom. The lowest BCUT2D eigenvalue weighted by molar-refractivity contribution is -0.136. The van der Waals surface area contributed by atoms with Crippen LogP contribution in [-0.4, -0.2) is 22.2 Å². The first-order valence-corrected chi connectivity index (χ1v) is 4.92. The summed E-state index contributed by atoms with van der Waals surface area (Å²) in [4.78, 5) is 21.9. The lowest BCUT2D eigenvalue weighted by atomic mass is 10.0. The molecule has 0 amide bonds. The third kappa shape index (κ3) is 5.20. The van der Waals surface area contributed by atoms with Gasteiger partial charge in [0.1, 0.15) is 0 Å². The highest BCUT2D eigenvalue weighted by Crippen LogP contribution is 2.14. The number of carboxylic acids is 2. The van der Waals surface area contributed by atoms with Crippen molar-refractivity contribution in [1.82, 2.24) is 0 Å². The smallest absolute Gasteiger partial charge is 0.332 e. The fourth-order valence-electron chi connectivity index (χ4n) is 1.20. The van der Waals surface area contributed by atoms with Gasteiger partial charge in [0.05, 0.1) is 0 Å². The monoisotopic (exact) mass is 217 g/mol. The van der Waals surface area contributed by atoms with Gasteiger partial charge in [-0.1, -0.05) is 26.2 Å². The minimum absolute atomic E-state index is 0.0324. The first-order valence-electron chi connectivity index (χ1n) is 6.42. The van der Waals surface area contributed by atoms with Crippen LogP contribution in [0.1, 0.15) is 50.0 Å². The SMILES string of the molecule is [2H]C([2H])([2H])/C(C(=O)O)=C(\CCCCCC)C(=O)O. The van der Waals surface area contributed by atoms with Crippen molar-refractivity contribution in [1.29, 1.82) is 0 Å². The predicted molar refractivity (Wildman–Crippen MR) is 56.7 cm³/mol. The lowest BCUT2D eigenvalue weighted by Crippen LogP contribution is -2.09. The fraction of sp³-hybridized carbons (Fsp3) is 0.636. The van der Waals surface area contributed by atoms with Crippen LogP contribution in [0.15, 0.2) is 11.1 Å². The molecule has 0 fully saturated rings. The first-order chi connectivity index (χ1) is 8.21. The van der Waals surface area contributed by atoms with Gasteiger partial charge in [-0.3, -0.25) is 0 Å². The minimum Gasteiger partial charge on any atom is -0.478 e. The molecule has 0 aliphatic carbocycles. The van der Waals surface area contributed by atoms with Gasteiger partial charge in [-0.15, -0.1) is 0 Å². The van der Waals surface area contributed by atoms with Crippen LogP contribution in [0.3, 0.4) is 0 Å². The summed E-state index contributed by atoms with van der Waals surface area (Å²) in [7, 11) is 0. The summed E-state index contributed by atoms with van der Waals surface area (Å²) in [6, 6.07) is 0. The van der Waals surface area contributed by atoms with Crippen molar-refractivity contribution in [2.75, 3.05) is 0 Å². The van der Waals surface area contributed by atoms with E-state index in [2.05, 4.69) is 0 Å². The van der Waals surface area contributed by atoms with Crippen LogP contribution in [-0.2, 0) is 9.59 Å². The van der Waals surface area contributed by atoms with Crippen molar-refractivity contribution >= 4 is 11.9 Å². The number of carboxylic acid groups (broad SMARTS) is 2. The molecular weight excluding hydrogens is 196 g/mol. The van der Waals surface area contributed by atoms with Crippen LogP contribution in [0.25, 0.3) is 0 Å². The summed E-state index contributed by atoms with van der Waals surface area (Å²) in [5, 5.41) is 17.8. The molecule has 0 bridgehead atoms. The molecule has 0 aromatic rings. The van der Waals surface area contributed by atoms with E-state index in [1.54, 1.807) is 0 Å². The maximum absolute atomic E-state index is 11.0. The molecule has 0 unspecified atom stereocenters. The molecule has 4 nitrogen and oxygen atoms in total. The summed E-state index contributed by atoms with van der Waals surface area (Å²) >= 11 is 0. The highest BCUT2D eigenvalue weighted by atomic mass is 16.4. The Morgan fingerprint density at radius 2 is 1.80 bits per heavy atom. The summed E-state index contributed by atoms with van der Waals surface area (Å²) in [6.07, 6.45) is 3.05. The number of hydrogen-bond donors (Lipinski definition) is 2. The van der Waals surface area contributed by atoms with E-state index in [4.69, 9.17) is 14.3 Å². The van der Waals surface area contributed by atoms with Gasteiger partial charge in [-0.2, -0.15) is 0 Å². The number of rotatable bonds is 7. The van der Waals surface area contributed by atoms with E-state index in [0.717, 1.165) is 19.3 Å². The molecule has 0 atom stereocenters. The summed E-state index contributed by atoms with van der Waals surface area (Å²) in [5.74, 6) is -3.16. The van der Waals surface area contributed by atoms with Crippen LogP contribution in [0.4, 0.5) is 0 Å². The molecule has 4 heteroatoms. The van der Waals surface area contributed by atoms with Crippen molar-refractivity contribution in [3.63, 3.8) is 0 Å². The lowest BCUT2D eigenvalue weighted by Gasteiger charge is -2.04. The molecule has 0 spiro atoms. The molecule has 0 radical (unpaired) electrons. The summed E-state index contributed by atoms with van der Waals surface area (Å²) < 4.78 is 21.3. The fourth-order valence-corrected chi connectivity index (χ4v) is 1.20. The molecular formula is C11H18O4.